The zero-order valence-corrected chi connectivity index (χ0v) is 8.17. The molecule has 12 heavy (non-hydrogen) atoms. The first kappa shape index (κ1) is 9.12. The van der Waals surface area contributed by atoms with Crippen LogP contribution in [0.2, 0.25) is 0 Å². The second kappa shape index (κ2) is 3.62. The van der Waals surface area contributed by atoms with Crippen LogP contribution in [0.15, 0.2) is 15.2 Å². The van der Waals surface area contributed by atoms with E-state index in [9.17, 15) is 4.79 Å². The van der Waals surface area contributed by atoms with Crippen LogP contribution in [-0.2, 0) is 4.74 Å². The topological polar surface area (TPSA) is 48.7 Å². The number of furan rings is 1. The van der Waals surface area contributed by atoms with Gasteiger partial charge in [0.2, 0.25) is 0 Å². The molecule has 0 unspecified atom stereocenters. The Morgan fingerprint density at radius 1 is 1.58 bits per heavy atom. The van der Waals surface area contributed by atoms with Crippen LogP contribution in [0, 0.1) is 0 Å². The van der Waals surface area contributed by atoms with Crippen molar-refractivity contribution in [2.24, 2.45) is 0 Å². The molecule has 0 fully saturated rings. The number of hydrogen-bond acceptors (Lipinski definition) is 4. The van der Waals surface area contributed by atoms with Crippen LogP contribution in [0.4, 0.5) is 0 Å². The maximum absolute atomic E-state index is 11.0. The van der Waals surface area contributed by atoms with E-state index in [1.54, 1.807) is 0 Å². The Kier molecular flexibility index (Phi) is 2.75. The third-order valence-electron chi connectivity index (χ3n) is 1.28. The second-order valence-electron chi connectivity index (χ2n) is 1.94. The van der Waals surface area contributed by atoms with E-state index in [1.807, 2.05) is 0 Å². The molecular weight excluding hydrogens is 228 g/mol. The van der Waals surface area contributed by atoms with E-state index in [4.69, 9.17) is 9.15 Å². The number of carbonyl (C=O) groups is 1. The molecule has 0 saturated carbocycles. The second-order valence-corrected chi connectivity index (χ2v) is 2.79. The van der Waals surface area contributed by atoms with Crippen LogP contribution < -0.4 is 4.74 Å². The molecule has 0 aromatic carbocycles. The quantitative estimate of drug-likeness (QED) is 0.733. The lowest BCUT2D eigenvalue weighted by molar-refractivity contribution is 0.0560. The fraction of sp³-hybridized carbons (Fsp3) is 0.286. The SMILES string of the molecule is COC(=O)c1occ(Br)c1OC. The minimum absolute atomic E-state index is 0.0619. The highest BCUT2D eigenvalue weighted by Crippen LogP contribution is 2.31. The Bertz CT molecular complexity index is 292. The standard InChI is InChI=1S/C7H7BrO4/c1-10-5-4(8)3-12-6(5)7(9)11-2/h3H,1-2H3. The van der Waals surface area contributed by atoms with E-state index < -0.39 is 5.97 Å². The van der Waals surface area contributed by atoms with Crippen molar-refractivity contribution in [3.05, 3.63) is 16.5 Å². The van der Waals surface area contributed by atoms with Gasteiger partial charge in [-0.05, 0) is 15.9 Å². The summed E-state index contributed by atoms with van der Waals surface area (Å²) in [6.45, 7) is 0. The van der Waals surface area contributed by atoms with E-state index >= 15 is 0 Å². The Morgan fingerprint density at radius 2 is 2.25 bits per heavy atom. The van der Waals surface area contributed by atoms with Gasteiger partial charge in [-0.25, -0.2) is 4.79 Å². The number of rotatable bonds is 2. The number of carbonyl (C=O) groups excluding carboxylic acids is 1. The minimum Gasteiger partial charge on any atom is -0.491 e. The first-order chi connectivity index (χ1) is 5.70. The molecule has 0 spiro atoms. The van der Waals surface area contributed by atoms with Crippen molar-refractivity contribution in [3.63, 3.8) is 0 Å². The molecule has 0 aliphatic rings. The molecule has 0 amide bonds. The molecule has 0 aliphatic carbocycles. The molecule has 0 saturated heterocycles. The molecule has 0 radical (unpaired) electrons. The molecule has 1 heterocycles. The monoisotopic (exact) mass is 234 g/mol. The van der Waals surface area contributed by atoms with Gasteiger partial charge in [0.15, 0.2) is 5.75 Å². The molecule has 66 valence electrons. The van der Waals surface area contributed by atoms with Crippen LogP contribution >= 0.6 is 15.9 Å². The molecule has 0 atom stereocenters. The smallest absolute Gasteiger partial charge is 0.377 e. The lowest BCUT2D eigenvalue weighted by Crippen LogP contribution is -2.01. The van der Waals surface area contributed by atoms with Crippen molar-refractivity contribution in [1.82, 2.24) is 0 Å². The van der Waals surface area contributed by atoms with Crippen LogP contribution in [0.5, 0.6) is 5.75 Å². The van der Waals surface area contributed by atoms with E-state index in [-0.39, 0.29) is 5.76 Å². The number of esters is 1. The molecule has 0 bridgehead atoms. The summed E-state index contributed by atoms with van der Waals surface area (Å²) >= 11 is 3.15. The molecular formula is C7H7BrO4. The van der Waals surface area contributed by atoms with Gasteiger partial charge in [-0.2, -0.15) is 0 Å². The average Bonchev–Trinajstić information content (AvgIpc) is 2.45. The van der Waals surface area contributed by atoms with E-state index in [2.05, 4.69) is 20.7 Å². The molecule has 1 rings (SSSR count). The van der Waals surface area contributed by atoms with Crippen LogP contribution in [0.3, 0.4) is 0 Å². The van der Waals surface area contributed by atoms with Gasteiger partial charge in [0.1, 0.15) is 6.26 Å². The number of methoxy groups -OCH3 is 2. The summed E-state index contributed by atoms with van der Waals surface area (Å²) in [5.41, 5.74) is 0. The molecule has 5 heteroatoms. The summed E-state index contributed by atoms with van der Waals surface area (Å²) < 4.78 is 14.8. The summed E-state index contributed by atoms with van der Waals surface area (Å²) in [6, 6.07) is 0. The minimum atomic E-state index is -0.558. The average molecular weight is 235 g/mol. The molecule has 4 nitrogen and oxygen atoms in total. The van der Waals surface area contributed by atoms with Gasteiger partial charge in [0.05, 0.1) is 18.7 Å². The highest BCUT2D eigenvalue weighted by molar-refractivity contribution is 9.10. The number of ether oxygens (including phenoxy) is 2. The van der Waals surface area contributed by atoms with Gasteiger partial charge in [0, 0.05) is 0 Å². The fourth-order valence-corrected chi connectivity index (χ4v) is 1.19. The van der Waals surface area contributed by atoms with E-state index in [1.165, 1.54) is 20.5 Å². The van der Waals surface area contributed by atoms with Gasteiger partial charge in [-0.3, -0.25) is 0 Å². The van der Waals surface area contributed by atoms with Crippen LogP contribution in [0.25, 0.3) is 0 Å². The Morgan fingerprint density at radius 3 is 2.75 bits per heavy atom. The van der Waals surface area contributed by atoms with Gasteiger partial charge < -0.3 is 13.9 Å². The molecule has 1 aromatic rings. The lowest BCUT2D eigenvalue weighted by atomic mass is 10.4. The Hall–Kier alpha value is -0.970. The zero-order chi connectivity index (χ0) is 9.14. The third-order valence-corrected chi connectivity index (χ3v) is 1.83. The van der Waals surface area contributed by atoms with E-state index in [0.717, 1.165) is 0 Å². The predicted molar refractivity (Wildman–Crippen MR) is 44.3 cm³/mol. The van der Waals surface area contributed by atoms with Crippen molar-refractivity contribution in [2.45, 2.75) is 0 Å². The maximum atomic E-state index is 11.0. The lowest BCUT2D eigenvalue weighted by Gasteiger charge is -1.98. The van der Waals surface area contributed by atoms with Crippen molar-refractivity contribution < 1.29 is 18.7 Å². The van der Waals surface area contributed by atoms with Crippen molar-refractivity contribution >= 4 is 21.9 Å². The Balaban J connectivity index is 3.07. The first-order valence-corrected chi connectivity index (χ1v) is 3.89. The highest BCUT2D eigenvalue weighted by Gasteiger charge is 2.20. The van der Waals surface area contributed by atoms with Crippen LogP contribution in [0.1, 0.15) is 10.6 Å². The van der Waals surface area contributed by atoms with Crippen LogP contribution in [-0.4, -0.2) is 20.2 Å². The van der Waals surface area contributed by atoms with Gasteiger partial charge >= 0.3 is 5.97 Å². The normalized spacial score (nSPS) is 9.58. The molecule has 0 aliphatic heterocycles. The van der Waals surface area contributed by atoms with Gasteiger partial charge in [-0.1, -0.05) is 0 Å². The number of hydrogen-bond donors (Lipinski definition) is 0. The van der Waals surface area contributed by atoms with Gasteiger partial charge in [-0.15, -0.1) is 0 Å². The summed E-state index contributed by atoms with van der Waals surface area (Å²) in [4.78, 5) is 11.0. The largest absolute Gasteiger partial charge is 0.491 e. The summed E-state index contributed by atoms with van der Waals surface area (Å²) in [7, 11) is 2.72. The predicted octanol–water partition coefficient (Wildman–Crippen LogP) is 1.84. The fourth-order valence-electron chi connectivity index (χ4n) is 0.750. The van der Waals surface area contributed by atoms with Crippen molar-refractivity contribution in [2.75, 3.05) is 14.2 Å². The summed E-state index contributed by atoms with van der Waals surface area (Å²) in [6.07, 6.45) is 1.37. The summed E-state index contributed by atoms with van der Waals surface area (Å²) in [5.74, 6) is -0.147. The molecule has 1 aromatic heterocycles. The first-order valence-electron chi connectivity index (χ1n) is 3.10. The number of halogens is 1. The van der Waals surface area contributed by atoms with E-state index in [0.29, 0.717) is 10.2 Å². The van der Waals surface area contributed by atoms with Gasteiger partial charge in [0.25, 0.3) is 5.76 Å². The van der Waals surface area contributed by atoms with Crippen molar-refractivity contribution in [3.8, 4) is 5.75 Å². The maximum Gasteiger partial charge on any atom is 0.377 e. The van der Waals surface area contributed by atoms with Crippen molar-refractivity contribution in [1.29, 1.82) is 0 Å². The Labute approximate surface area is 77.6 Å². The third kappa shape index (κ3) is 1.45. The zero-order valence-electron chi connectivity index (χ0n) is 6.59. The summed E-state index contributed by atoms with van der Waals surface area (Å²) in [5, 5.41) is 0. The highest BCUT2D eigenvalue weighted by atomic mass is 79.9. The molecule has 0 N–H and O–H groups in total.